The third-order valence-electron chi connectivity index (χ3n) is 4.96. The summed E-state index contributed by atoms with van der Waals surface area (Å²) in [5.74, 6) is 0.361. The van der Waals surface area contributed by atoms with Crippen molar-refractivity contribution in [2.75, 3.05) is 13.1 Å². The van der Waals surface area contributed by atoms with Crippen LogP contribution in [-0.2, 0) is 12.8 Å². The van der Waals surface area contributed by atoms with Crippen molar-refractivity contribution in [2.45, 2.75) is 65.7 Å². The van der Waals surface area contributed by atoms with E-state index in [4.69, 9.17) is 0 Å². The Hall–Kier alpha value is -1.15. The molecule has 1 fully saturated rings. The molecule has 1 saturated heterocycles. The van der Waals surface area contributed by atoms with Gasteiger partial charge in [0.1, 0.15) is 0 Å². The van der Waals surface area contributed by atoms with Crippen LogP contribution < -0.4 is 5.32 Å². The second kappa shape index (κ2) is 7.92. The van der Waals surface area contributed by atoms with Crippen molar-refractivity contribution in [1.82, 2.24) is 5.32 Å². The zero-order valence-corrected chi connectivity index (χ0v) is 14.5. The molecule has 0 aromatic heterocycles. The molecule has 1 heterocycles. The van der Waals surface area contributed by atoms with Gasteiger partial charge < -0.3 is 5.32 Å². The molecule has 1 atom stereocenters. The van der Waals surface area contributed by atoms with E-state index in [1.54, 1.807) is 0 Å². The lowest BCUT2D eigenvalue weighted by molar-refractivity contribution is 0.0801. The minimum Gasteiger partial charge on any atom is -0.316 e. The number of aryl methyl sites for hydroxylation is 2. The quantitative estimate of drug-likeness (QED) is 0.713. The normalized spacial score (nSPS) is 21.2. The summed E-state index contributed by atoms with van der Waals surface area (Å²) in [6, 6.07) is 6.46. The van der Waals surface area contributed by atoms with E-state index in [-0.39, 0.29) is 5.41 Å². The van der Waals surface area contributed by atoms with Gasteiger partial charge in [-0.2, -0.15) is 0 Å². The van der Waals surface area contributed by atoms with Gasteiger partial charge in [0, 0.05) is 17.5 Å². The molecule has 1 N–H and O–H groups in total. The summed E-state index contributed by atoms with van der Waals surface area (Å²) in [4.78, 5) is 13.1. The van der Waals surface area contributed by atoms with E-state index in [0.29, 0.717) is 5.78 Å². The zero-order chi connectivity index (χ0) is 16.0. The van der Waals surface area contributed by atoms with E-state index in [9.17, 15) is 4.79 Å². The molecule has 1 aliphatic heterocycles. The molecule has 0 radical (unpaired) electrons. The fourth-order valence-corrected chi connectivity index (χ4v) is 3.83. The molecule has 22 heavy (non-hydrogen) atoms. The van der Waals surface area contributed by atoms with Gasteiger partial charge in [-0.15, -0.1) is 0 Å². The second-order valence-electron chi connectivity index (χ2n) is 6.77. The van der Waals surface area contributed by atoms with E-state index in [0.717, 1.165) is 63.6 Å². The fraction of sp³-hybridized carbons (Fsp3) is 0.650. The first-order valence-electron chi connectivity index (χ1n) is 9.04. The van der Waals surface area contributed by atoms with Gasteiger partial charge >= 0.3 is 0 Å². The molecule has 2 rings (SSSR count). The van der Waals surface area contributed by atoms with Crippen LogP contribution in [-0.4, -0.2) is 18.9 Å². The van der Waals surface area contributed by atoms with Gasteiger partial charge in [-0.05, 0) is 49.4 Å². The first-order chi connectivity index (χ1) is 10.7. The van der Waals surface area contributed by atoms with Gasteiger partial charge in [0.05, 0.1) is 0 Å². The van der Waals surface area contributed by atoms with Crippen LogP contribution in [0.4, 0.5) is 0 Å². The monoisotopic (exact) mass is 301 g/mol. The lowest BCUT2D eigenvalue weighted by Crippen LogP contribution is -2.33. The summed E-state index contributed by atoms with van der Waals surface area (Å²) in [5.41, 5.74) is 3.58. The SMILES string of the molecule is CCCc1ccc(C(=O)C2(CCC)CCNC2)cc1CCC. The van der Waals surface area contributed by atoms with E-state index in [2.05, 4.69) is 44.3 Å². The summed E-state index contributed by atoms with van der Waals surface area (Å²) in [6.45, 7) is 8.43. The number of carbonyl (C=O) groups excluding carboxylic acids is 1. The summed E-state index contributed by atoms with van der Waals surface area (Å²) < 4.78 is 0. The largest absolute Gasteiger partial charge is 0.316 e. The van der Waals surface area contributed by atoms with Crippen molar-refractivity contribution in [3.8, 4) is 0 Å². The van der Waals surface area contributed by atoms with Crippen molar-refractivity contribution >= 4 is 5.78 Å². The predicted molar refractivity (Wildman–Crippen MR) is 93.6 cm³/mol. The van der Waals surface area contributed by atoms with Crippen LogP contribution in [0.3, 0.4) is 0 Å². The van der Waals surface area contributed by atoms with Gasteiger partial charge in [-0.1, -0.05) is 52.2 Å². The molecule has 1 aliphatic rings. The minimum atomic E-state index is -0.162. The zero-order valence-electron chi connectivity index (χ0n) is 14.5. The Morgan fingerprint density at radius 3 is 2.41 bits per heavy atom. The summed E-state index contributed by atoms with van der Waals surface area (Å²) in [7, 11) is 0. The Morgan fingerprint density at radius 1 is 1.09 bits per heavy atom. The standard InChI is InChI=1S/C20H31NO/c1-4-7-16-9-10-18(14-17(16)8-5-2)19(22)20(11-6-3)12-13-21-15-20/h9-10,14,21H,4-8,11-13,15H2,1-3H3. The number of Topliss-reactive ketones (excluding diaryl/α,β-unsaturated/α-hetero) is 1. The topological polar surface area (TPSA) is 29.1 Å². The van der Waals surface area contributed by atoms with Crippen LogP contribution in [0.15, 0.2) is 18.2 Å². The van der Waals surface area contributed by atoms with Gasteiger partial charge in [0.2, 0.25) is 0 Å². The van der Waals surface area contributed by atoms with Crippen LogP contribution in [0.25, 0.3) is 0 Å². The van der Waals surface area contributed by atoms with Crippen molar-refractivity contribution in [3.05, 3.63) is 34.9 Å². The van der Waals surface area contributed by atoms with Crippen molar-refractivity contribution < 1.29 is 4.79 Å². The molecule has 0 saturated carbocycles. The Labute approximate surface area is 135 Å². The van der Waals surface area contributed by atoms with Gasteiger partial charge in [-0.25, -0.2) is 0 Å². The Balaban J connectivity index is 2.30. The summed E-state index contributed by atoms with van der Waals surface area (Å²) in [6.07, 6.45) is 7.55. The molecule has 0 spiro atoms. The van der Waals surface area contributed by atoms with Gasteiger partial charge in [0.15, 0.2) is 5.78 Å². The average Bonchev–Trinajstić information content (AvgIpc) is 2.99. The molecule has 2 nitrogen and oxygen atoms in total. The maximum Gasteiger partial charge on any atom is 0.170 e. The second-order valence-corrected chi connectivity index (χ2v) is 6.77. The van der Waals surface area contributed by atoms with Crippen molar-refractivity contribution in [3.63, 3.8) is 0 Å². The van der Waals surface area contributed by atoms with Crippen LogP contribution in [0.5, 0.6) is 0 Å². The molecular weight excluding hydrogens is 270 g/mol. The predicted octanol–water partition coefficient (Wildman–Crippen LogP) is 4.55. The fourth-order valence-electron chi connectivity index (χ4n) is 3.83. The Kier molecular flexibility index (Phi) is 6.19. The van der Waals surface area contributed by atoms with Crippen LogP contribution >= 0.6 is 0 Å². The lowest BCUT2D eigenvalue weighted by Gasteiger charge is -2.26. The number of benzene rings is 1. The molecule has 0 amide bonds. The van der Waals surface area contributed by atoms with Crippen molar-refractivity contribution in [2.24, 2.45) is 5.41 Å². The van der Waals surface area contributed by atoms with Gasteiger partial charge in [-0.3, -0.25) is 4.79 Å². The number of hydrogen-bond acceptors (Lipinski definition) is 2. The summed E-state index contributed by atoms with van der Waals surface area (Å²) in [5, 5.41) is 3.40. The van der Waals surface area contributed by atoms with Crippen LogP contribution in [0.1, 0.15) is 74.4 Å². The number of hydrogen-bond donors (Lipinski definition) is 1. The highest BCUT2D eigenvalue weighted by atomic mass is 16.1. The molecule has 122 valence electrons. The average molecular weight is 301 g/mol. The van der Waals surface area contributed by atoms with Crippen LogP contribution in [0.2, 0.25) is 0 Å². The first-order valence-corrected chi connectivity index (χ1v) is 9.04. The highest BCUT2D eigenvalue weighted by molar-refractivity contribution is 6.01. The number of ketones is 1. The maximum absolute atomic E-state index is 13.1. The van der Waals surface area contributed by atoms with E-state index < -0.39 is 0 Å². The smallest absolute Gasteiger partial charge is 0.170 e. The number of carbonyl (C=O) groups is 1. The lowest BCUT2D eigenvalue weighted by atomic mass is 9.75. The van der Waals surface area contributed by atoms with E-state index >= 15 is 0 Å². The van der Waals surface area contributed by atoms with Gasteiger partial charge in [0.25, 0.3) is 0 Å². The molecule has 0 aliphatic carbocycles. The first kappa shape index (κ1) is 17.2. The van der Waals surface area contributed by atoms with Crippen molar-refractivity contribution in [1.29, 1.82) is 0 Å². The molecule has 1 aromatic carbocycles. The molecular formula is C20H31NO. The molecule has 1 aromatic rings. The number of rotatable bonds is 8. The number of nitrogens with one attached hydrogen (secondary N) is 1. The third kappa shape index (κ3) is 3.60. The Morgan fingerprint density at radius 2 is 1.82 bits per heavy atom. The van der Waals surface area contributed by atoms with E-state index in [1.807, 2.05) is 0 Å². The third-order valence-corrected chi connectivity index (χ3v) is 4.96. The highest BCUT2D eigenvalue weighted by Crippen LogP contribution is 2.35. The van der Waals surface area contributed by atoms with E-state index in [1.165, 1.54) is 11.1 Å². The van der Waals surface area contributed by atoms with Crippen LogP contribution in [0, 0.1) is 5.41 Å². The highest BCUT2D eigenvalue weighted by Gasteiger charge is 2.40. The minimum absolute atomic E-state index is 0.162. The Bertz CT molecular complexity index is 500. The molecule has 2 heteroatoms. The summed E-state index contributed by atoms with van der Waals surface area (Å²) >= 11 is 0. The molecule has 1 unspecified atom stereocenters. The maximum atomic E-state index is 13.1. The molecule has 0 bridgehead atoms.